The van der Waals surface area contributed by atoms with E-state index in [-0.39, 0.29) is 11.5 Å². The SMILES string of the molecule is CN(CCn1cnc2ccccc21)C(=O)c1cc2c(s1)CCOC21CCNCC1. The highest BCUT2D eigenvalue weighted by Gasteiger charge is 2.40. The first-order valence-corrected chi connectivity index (χ1v) is 11.1. The molecular formula is C22H26N4O2S. The maximum atomic E-state index is 13.1. The lowest BCUT2D eigenvalue weighted by Gasteiger charge is -2.40. The molecule has 29 heavy (non-hydrogen) atoms. The number of hydrogen-bond acceptors (Lipinski definition) is 5. The Bertz CT molecular complexity index is 1030. The van der Waals surface area contributed by atoms with E-state index in [4.69, 9.17) is 4.74 Å². The zero-order chi connectivity index (χ0) is 19.8. The Balaban J connectivity index is 1.32. The number of carbonyl (C=O) groups excluding carboxylic acids is 1. The fraction of sp³-hybridized carbons (Fsp3) is 0.455. The summed E-state index contributed by atoms with van der Waals surface area (Å²) < 4.78 is 8.36. The molecule has 0 atom stereocenters. The molecule has 1 aromatic carbocycles. The van der Waals surface area contributed by atoms with Crippen LogP contribution in [-0.4, -0.2) is 53.6 Å². The van der Waals surface area contributed by atoms with Crippen LogP contribution in [0.1, 0.15) is 33.0 Å². The summed E-state index contributed by atoms with van der Waals surface area (Å²) in [5.74, 6) is 0.0953. The Morgan fingerprint density at radius 2 is 2.17 bits per heavy atom. The van der Waals surface area contributed by atoms with Crippen LogP contribution in [0.2, 0.25) is 0 Å². The van der Waals surface area contributed by atoms with Crippen molar-refractivity contribution in [1.29, 1.82) is 0 Å². The first kappa shape index (κ1) is 18.8. The quantitative estimate of drug-likeness (QED) is 0.718. The summed E-state index contributed by atoms with van der Waals surface area (Å²) >= 11 is 1.65. The van der Waals surface area contributed by atoms with Gasteiger partial charge in [0.05, 0.1) is 34.4 Å². The number of benzene rings is 1. The minimum atomic E-state index is -0.192. The van der Waals surface area contributed by atoms with Crippen LogP contribution in [0.15, 0.2) is 36.7 Å². The van der Waals surface area contributed by atoms with Crippen LogP contribution in [0.5, 0.6) is 0 Å². The second-order valence-corrected chi connectivity index (χ2v) is 9.08. The molecule has 5 rings (SSSR count). The molecule has 2 aliphatic heterocycles. The molecule has 0 aliphatic carbocycles. The molecule has 0 unspecified atom stereocenters. The number of ether oxygens (including phenoxy) is 1. The topological polar surface area (TPSA) is 59.4 Å². The maximum absolute atomic E-state index is 13.1. The minimum absolute atomic E-state index is 0.0953. The van der Waals surface area contributed by atoms with E-state index in [1.807, 2.05) is 36.5 Å². The highest BCUT2D eigenvalue weighted by Crippen LogP contribution is 2.43. The molecule has 0 radical (unpaired) electrons. The Morgan fingerprint density at radius 1 is 1.34 bits per heavy atom. The Hall–Kier alpha value is -2.22. The zero-order valence-corrected chi connectivity index (χ0v) is 17.5. The molecule has 3 aromatic rings. The molecule has 7 heteroatoms. The number of rotatable bonds is 4. The van der Waals surface area contributed by atoms with Crippen molar-refractivity contribution in [2.45, 2.75) is 31.4 Å². The molecule has 1 amide bonds. The first-order valence-electron chi connectivity index (χ1n) is 10.3. The van der Waals surface area contributed by atoms with E-state index in [2.05, 4.69) is 27.0 Å². The number of hydrogen-bond donors (Lipinski definition) is 1. The van der Waals surface area contributed by atoms with Crippen molar-refractivity contribution in [2.75, 3.05) is 33.3 Å². The number of piperidine rings is 1. The molecule has 1 spiro atoms. The van der Waals surface area contributed by atoms with Gasteiger partial charge in [-0.05, 0) is 49.7 Å². The minimum Gasteiger partial charge on any atom is -0.370 e. The summed E-state index contributed by atoms with van der Waals surface area (Å²) in [6.45, 7) is 4.07. The number of nitrogens with one attached hydrogen (secondary N) is 1. The number of imidazole rings is 1. The molecule has 0 saturated carbocycles. The number of likely N-dealkylation sites (N-methyl/N-ethyl adjacent to an activating group) is 1. The van der Waals surface area contributed by atoms with Gasteiger partial charge in [-0.25, -0.2) is 4.98 Å². The summed E-state index contributed by atoms with van der Waals surface area (Å²) in [7, 11) is 1.89. The van der Waals surface area contributed by atoms with Crippen molar-refractivity contribution in [3.8, 4) is 0 Å². The van der Waals surface area contributed by atoms with E-state index >= 15 is 0 Å². The van der Waals surface area contributed by atoms with E-state index in [0.717, 1.165) is 61.4 Å². The van der Waals surface area contributed by atoms with Gasteiger partial charge in [-0.1, -0.05) is 12.1 Å². The van der Waals surface area contributed by atoms with Crippen molar-refractivity contribution >= 4 is 28.3 Å². The first-order chi connectivity index (χ1) is 14.2. The summed E-state index contributed by atoms with van der Waals surface area (Å²) in [6.07, 6.45) is 4.72. The number of carbonyl (C=O) groups is 1. The third kappa shape index (κ3) is 3.37. The summed E-state index contributed by atoms with van der Waals surface area (Å²) in [5, 5.41) is 3.42. The van der Waals surface area contributed by atoms with Gasteiger partial charge in [0.15, 0.2) is 0 Å². The van der Waals surface area contributed by atoms with Crippen molar-refractivity contribution in [2.24, 2.45) is 0 Å². The Labute approximate surface area is 174 Å². The number of aromatic nitrogens is 2. The van der Waals surface area contributed by atoms with Gasteiger partial charge in [-0.3, -0.25) is 4.79 Å². The highest BCUT2D eigenvalue weighted by molar-refractivity contribution is 7.14. The van der Waals surface area contributed by atoms with Crippen LogP contribution in [0, 0.1) is 0 Å². The van der Waals surface area contributed by atoms with E-state index in [1.54, 1.807) is 11.3 Å². The third-order valence-corrected chi connectivity index (χ3v) is 7.36. The molecule has 4 heterocycles. The van der Waals surface area contributed by atoms with Crippen molar-refractivity contribution in [3.05, 3.63) is 52.0 Å². The van der Waals surface area contributed by atoms with E-state index < -0.39 is 0 Å². The molecule has 1 N–H and O–H groups in total. The van der Waals surface area contributed by atoms with Crippen LogP contribution in [0.25, 0.3) is 11.0 Å². The predicted molar refractivity (Wildman–Crippen MR) is 114 cm³/mol. The second kappa shape index (κ2) is 7.55. The lowest BCUT2D eigenvalue weighted by Crippen LogP contribution is -2.44. The number of thiophene rings is 1. The van der Waals surface area contributed by atoms with Crippen LogP contribution in [0.4, 0.5) is 0 Å². The van der Waals surface area contributed by atoms with Crippen molar-refractivity contribution in [1.82, 2.24) is 19.8 Å². The van der Waals surface area contributed by atoms with Gasteiger partial charge in [0.1, 0.15) is 0 Å². The summed E-state index contributed by atoms with van der Waals surface area (Å²) in [5.41, 5.74) is 3.15. The molecule has 2 aromatic heterocycles. The average Bonchev–Trinajstić information content (AvgIpc) is 3.37. The maximum Gasteiger partial charge on any atom is 0.263 e. The van der Waals surface area contributed by atoms with Crippen LogP contribution in [-0.2, 0) is 23.3 Å². The van der Waals surface area contributed by atoms with Gasteiger partial charge in [-0.15, -0.1) is 11.3 Å². The number of amides is 1. The second-order valence-electron chi connectivity index (χ2n) is 7.94. The van der Waals surface area contributed by atoms with E-state index in [0.29, 0.717) is 6.54 Å². The zero-order valence-electron chi connectivity index (χ0n) is 16.7. The molecule has 2 aliphatic rings. The standard InChI is InChI=1S/C22H26N4O2S/c1-25(11-12-26-15-24-17-4-2-3-5-18(17)26)21(27)20-14-16-19(29-20)6-13-28-22(16)7-9-23-10-8-22/h2-5,14-15,23H,6-13H2,1H3. The van der Waals surface area contributed by atoms with Crippen molar-refractivity contribution < 1.29 is 9.53 Å². The number of fused-ring (bicyclic) bond motifs is 3. The number of para-hydroxylation sites is 2. The Morgan fingerprint density at radius 3 is 3.03 bits per heavy atom. The largest absolute Gasteiger partial charge is 0.370 e. The van der Waals surface area contributed by atoms with Gasteiger partial charge >= 0.3 is 0 Å². The van der Waals surface area contributed by atoms with Gasteiger partial charge in [0.2, 0.25) is 0 Å². The molecule has 152 valence electrons. The monoisotopic (exact) mass is 410 g/mol. The summed E-state index contributed by atoms with van der Waals surface area (Å²) in [6, 6.07) is 10.2. The molecule has 1 fully saturated rings. The molecule has 6 nitrogen and oxygen atoms in total. The van der Waals surface area contributed by atoms with Crippen LogP contribution in [0.3, 0.4) is 0 Å². The van der Waals surface area contributed by atoms with Crippen LogP contribution >= 0.6 is 11.3 Å². The Kier molecular flexibility index (Phi) is 4.89. The smallest absolute Gasteiger partial charge is 0.263 e. The summed E-state index contributed by atoms with van der Waals surface area (Å²) in [4.78, 5) is 21.5. The van der Waals surface area contributed by atoms with Gasteiger partial charge in [0, 0.05) is 31.4 Å². The van der Waals surface area contributed by atoms with Gasteiger partial charge in [0.25, 0.3) is 5.91 Å². The van der Waals surface area contributed by atoms with Gasteiger partial charge < -0.3 is 19.5 Å². The number of nitrogens with zero attached hydrogens (tertiary/aromatic N) is 3. The molecule has 1 saturated heterocycles. The fourth-order valence-corrected chi connectivity index (χ4v) is 5.73. The van der Waals surface area contributed by atoms with Crippen LogP contribution < -0.4 is 5.32 Å². The average molecular weight is 411 g/mol. The predicted octanol–water partition coefficient (Wildman–Crippen LogP) is 3.02. The van der Waals surface area contributed by atoms with Crippen molar-refractivity contribution in [3.63, 3.8) is 0 Å². The fourth-order valence-electron chi connectivity index (χ4n) is 4.50. The molecular weight excluding hydrogens is 384 g/mol. The molecule has 0 bridgehead atoms. The lowest BCUT2D eigenvalue weighted by molar-refractivity contribution is -0.0792. The van der Waals surface area contributed by atoms with Gasteiger partial charge in [-0.2, -0.15) is 0 Å². The lowest BCUT2D eigenvalue weighted by atomic mass is 9.83. The van der Waals surface area contributed by atoms with E-state index in [1.165, 1.54) is 10.4 Å². The third-order valence-electron chi connectivity index (χ3n) is 6.18. The highest BCUT2D eigenvalue weighted by atomic mass is 32.1. The van der Waals surface area contributed by atoms with E-state index in [9.17, 15) is 4.79 Å². The normalized spacial score (nSPS) is 18.1.